The summed E-state index contributed by atoms with van der Waals surface area (Å²) in [5.41, 5.74) is 1.27. The summed E-state index contributed by atoms with van der Waals surface area (Å²) in [5.74, 6) is -1.11. The summed E-state index contributed by atoms with van der Waals surface area (Å²) in [6.45, 7) is 0.171. The molecule has 1 heterocycles. The summed E-state index contributed by atoms with van der Waals surface area (Å²) in [4.78, 5) is 27.6. The third-order valence-corrected chi connectivity index (χ3v) is 2.83. The van der Waals surface area contributed by atoms with Crippen molar-refractivity contribution in [1.29, 1.82) is 0 Å². The smallest absolute Gasteiger partial charge is 0.414 e. The number of carboxylic acids is 1. The standard InChI is InChI=1S/C15H14N2O4/c1-17(12-7-8-13(14(18)19)16-9-12)15(20)21-10-11-5-3-2-4-6-11/h2-9H,10H2,1H3,(H,18,19). The van der Waals surface area contributed by atoms with Crippen molar-refractivity contribution in [1.82, 2.24) is 4.98 Å². The van der Waals surface area contributed by atoms with Gasteiger partial charge in [-0.3, -0.25) is 4.90 Å². The van der Waals surface area contributed by atoms with Crippen molar-refractivity contribution in [3.05, 3.63) is 59.9 Å². The lowest BCUT2D eigenvalue weighted by atomic mass is 10.2. The SMILES string of the molecule is CN(C(=O)OCc1ccccc1)c1ccc(C(=O)O)nc1. The molecule has 2 aromatic rings. The van der Waals surface area contributed by atoms with Crippen LogP contribution >= 0.6 is 0 Å². The van der Waals surface area contributed by atoms with Crippen LogP contribution in [0.25, 0.3) is 0 Å². The largest absolute Gasteiger partial charge is 0.477 e. The van der Waals surface area contributed by atoms with Gasteiger partial charge in [0.05, 0.1) is 11.9 Å². The number of nitrogens with zero attached hydrogens (tertiary/aromatic N) is 2. The van der Waals surface area contributed by atoms with Gasteiger partial charge in [0.25, 0.3) is 0 Å². The van der Waals surface area contributed by atoms with Gasteiger partial charge in [-0.1, -0.05) is 30.3 Å². The van der Waals surface area contributed by atoms with Crippen LogP contribution in [0.4, 0.5) is 10.5 Å². The van der Waals surface area contributed by atoms with Crippen molar-refractivity contribution in [2.45, 2.75) is 6.61 Å². The van der Waals surface area contributed by atoms with Crippen LogP contribution in [0.1, 0.15) is 16.1 Å². The zero-order chi connectivity index (χ0) is 15.2. The average Bonchev–Trinajstić information content (AvgIpc) is 2.53. The molecule has 0 aliphatic heterocycles. The van der Waals surface area contributed by atoms with E-state index in [9.17, 15) is 9.59 Å². The Morgan fingerprint density at radius 1 is 1.19 bits per heavy atom. The topological polar surface area (TPSA) is 79.7 Å². The highest BCUT2D eigenvalue weighted by Gasteiger charge is 2.13. The number of anilines is 1. The molecule has 1 amide bonds. The van der Waals surface area contributed by atoms with Gasteiger partial charge in [-0.05, 0) is 17.7 Å². The molecule has 108 valence electrons. The molecule has 0 unspecified atom stereocenters. The van der Waals surface area contributed by atoms with E-state index in [2.05, 4.69) is 4.98 Å². The van der Waals surface area contributed by atoms with Crippen molar-refractivity contribution in [3.8, 4) is 0 Å². The molecule has 0 saturated carbocycles. The molecule has 6 nitrogen and oxygen atoms in total. The second-order valence-corrected chi connectivity index (χ2v) is 4.31. The number of carbonyl (C=O) groups excluding carboxylic acids is 1. The van der Waals surface area contributed by atoms with Gasteiger partial charge in [0.2, 0.25) is 0 Å². The van der Waals surface area contributed by atoms with Crippen LogP contribution in [-0.2, 0) is 11.3 Å². The molecule has 0 aliphatic carbocycles. The van der Waals surface area contributed by atoms with Crippen LogP contribution < -0.4 is 4.90 Å². The number of ether oxygens (including phenoxy) is 1. The summed E-state index contributed by atoms with van der Waals surface area (Å²) in [5, 5.41) is 8.77. The Morgan fingerprint density at radius 3 is 2.48 bits per heavy atom. The maximum atomic E-state index is 11.9. The maximum absolute atomic E-state index is 11.9. The van der Waals surface area contributed by atoms with Gasteiger partial charge in [-0.25, -0.2) is 14.6 Å². The van der Waals surface area contributed by atoms with E-state index in [1.807, 2.05) is 30.3 Å². The highest BCUT2D eigenvalue weighted by atomic mass is 16.6. The van der Waals surface area contributed by atoms with Crippen molar-refractivity contribution in [3.63, 3.8) is 0 Å². The van der Waals surface area contributed by atoms with Gasteiger partial charge < -0.3 is 9.84 Å². The number of amides is 1. The Kier molecular flexibility index (Phi) is 4.50. The van der Waals surface area contributed by atoms with Gasteiger partial charge in [-0.2, -0.15) is 0 Å². The Morgan fingerprint density at radius 2 is 1.90 bits per heavy atom. The first-order valence-electron chi connectivity index (χ1n) is 6.21. The minimum atomic E-state index is -1.11. The van der Waals surface area contributed by atoms with Gasteiger partial charge in [0.15, 0.2) is 0 Å². The predicted molar refractivity (Wildman–Crippen MR) is 76.2 cm³/mol. The molecule has 0 bridgehead atoms. The first-order valence-corrected chi connectivity index (χ1v) is 6.21. The molecular weight excluding hydrogens is 272 g/mol. The van der Waals surface area contributed by atoms with Crippen molar-refractivity contribution >= 4 is 17.7 Å². The van der Waals surface area contributed by atoms with E-state index in [1.165, 1.54) is 30.3 Å². The molecule has 0 radical (unpaired) electrons. The molecule has 0 saturated heterocycles. The van der Waals surface area contributed by atoms with Crippen LogP contribution in [0.15, 0.2) is 48.7 Å². The van der Waals surface area contributed by atoms with Crippen LogP contribution in [0.3, 0.4) is 0 Å². The van der Waals surface area contributed by atoms with Crippen LogP contribution in [0.2, 0.25) is 0 Å². The molecule has 1 aromatic heterocycles. The fourth-order valence-electron chi connectivity index (χ4n) is 1.63. The summed E-state index contributed by atoms with van der Waals surface area (Å²) in [6, 6.07) is 12.2. The molecule has 1 aromatic carbocycles. The van der Waals surface area contributed by atoms with Crippen LogP contribution in [0, 0.1) is 0 Å². The molecular formula is C15H14N2O4. The monoisotopic (exact) mass is 286 g/mol. The lowest BCUT2D eigenvalue weighted by Gasteiger charge is -2.16. The van der Waals surface area contributed by atoms with E-state index >= 15 is 0 Å². The molecule has 0 atom stereocenters. The zero-order valence-corrected chi connectivity index (χ0v) is 11.4. The second-order valence-electron chi connectivity index (χ2n) is 4.31. The Labute approximate surface area is 121 Å². The van der Waals surface area contributed by atoms with E-state index in [0.29, 0.717) is 5.69 Å². The summed E-state index contributed by atoms with van der Waals surface area (Å²) in [7, 11) is 1.53. The Balaban J connectivity index is 1.97. The van der Waals surface area contributed by atoms with Crippen molar-refractivity contribution in [2.75, 3.05) is 11.9 Å². The average molecular weight is 286 g/mol. The highest BCUT2D eigenvalue weighted by molar-refractivity contribution is 5.88. The van der Waals surface area contributed by atoms with E-state index in [0.717, 1.165) is 5.56 Å². The first-order chi connectivity index (χ1) is 10.1. The number of pyridine rings is 1. The van der Waals surface area contributed by atoms with Gasteiger partial charge >= 0.3 is 12.1 Å². The minimum absolute atomic E-state index is 0.0789. The number of carbonyl (C=O) groups is 2. The number of aromatic nitrogens is 1. The lowest BCUT2D eigenvalue weighted by Crippen LogP contribution is -2.27. The summed E-state index contributed by atoms with van der Waals surface area (Å²) < 4.78 is 5.16. The molecule has 6 heteroatoms. The molecule has 0 spiro atoms. The predicted octanol–water partition coefficient (Wildman–Crippen LogP) is 2.55. The normalized spacial score (nSPS) is 9.95. The fraction of sp³-hybridized carbons (Fsp3) is 0.133. The zero-order valence-electron chi connectivity index (χ0n) is 11.4. The van der Waals surface area contributed by atoms with Crippen molar-refractivity contribution < 1.29 is 19.4 Å². The molecule has 0 fully saturated rings. The fourth-order valence-corrected chi connectivity index (χ4v) is 1.63. The third kappa shape index (κ3) is 3.79. The van der Waals surface area contributed by atoms with E-state index in [1.54, 1.807) is 0 Å². The number of aromatic carboxylic acids is 1. The number of carboxylic acid groups (broad SMARTS) is 1. The van der Waals surface area contributed by atoms with E-state index < -0.39 is 12.1 Å². The molecule has 2 rings (SSSR count). The second kappa shape index (κ2) is 6.51. The molecule has 1 N–H and O–H groups in total. The van der Waals surface area contributed by atoms with Crippen LogP contribution in [-0.4, -0.2) is 29.2 Å². The Bertz CT molecular complexity index is 626. The van der Waals surface area contributed by atoms with Gasteiger partial charge in [-0.15, -0.1) is 0 Å². The number of hydrogen-bond donors (Lipinski definition) is 1. The number of benzene rings is 1. The van der Waals surface area contributed by atoms with Crippen molar-refractivity contribution in [2.24, 2.45) is 0 Å². The molecule has 21 heavy (non-hydrogen) atoms. The summed E-state index contributed by atoms with van der Waals surface area (Å²) >= 11 is 0. The summed E-state index contributed by atoms with van der Waals surface area (Å²) in [6.07, 6.45) is 0.775. The first kappa shape index (κ1) is 14.5. The van der Waals surface area contributed by atoms with Gasteiger partial charge in [0, 0.05) is 7.05 Å². The molecule has 0 aliphatic rings. The maximum Gasteiger partial charge on any atom is 0.414 e. The van der Waals surface area contributed by atoms with Gasteiger partial charge in [0.1, 0.15) is 12.3 Å². The van der Waals surface area contributed by atoms with E-state index in [4.69, 9.17) is 9.84 Å². The van der Waals surface area contributed by atoms with Crippen LogP contribution in [0.5, 0.6) is 0 Å². The quantitative estimate of drug-likeness (QED) is 0.934. The Hall–Kier alpha value is -2.89. The highest BCUT2D eigenvalue weighted by Crippen LogP contribution is 2.13. The lowest BCUT2D eigenvalue weighted by molar-refractivity contribution is 0.0690. The number of rotatable bonds is 4. The minimum Gasteiger partial charge on any atom is -0.477 e. The third-order valence-electron chi connectivity index (χ3n) is 2.83. The number of hydrogen-bond acceptors (Lipinski definition) is 4. The van der Waals surface area contributed by atoms with E-state index in [-0.39, 0.29) is 12.3 Å².